The van der Waals surface area contributed by atoms with Crippen molar-refractivity contribution in [3.05, 3.63) is 105 Å². The van der Waals surface area contributed by atoms with E-state index in [0.717, 1.165) is 26.6 Å². The number of fused-ring (bicyclic) bond motifs is 3. The van der Waals surface area contributed by atoms with Gasteiger partial charge in [0.15, 0.2) is 72.3 Å². The second-order valence-corrected chi connectivity index (χ2v) is 44.5. The normalized spacial score (nSPS) is 30.2. The fourth-order valence-corrected chi connectivity index (χ4v) is 23.1. The number of nitrogens with zero attached hydrogens (tertiary/aromatic N) is 16. The summed E-state index contributed by atoms with van der Waals surface area (Å²) in [7, 11) is -5.59. The predicted molar refractivity (Wildman–Crippen MR) is 500 cm³/mol. The van der Waals surface area contributed by atoms with E-state index in [2.05, 4.69) is 60.1 Å². The first-order valence-corrected chi connectivity index (χ1v) is 55.6. The third-order valence-corrected chi connectivity index (χ3v) is 30.5. The number of aryl methyl sites for hydroxylation is 2. The van der Waals surface area contributed by atoms with Gasteiger partial charge in [-0.15, -0.1) is 0 Å². The molecule has 29 atom stereocenters. The number of aromatic amines is 1. The Bertz CT molecular complexity index is 6330. The molecule has 13 N–H and O–H groups in total. The minimum atomic E-state index is -6.20. The number of aliphatic hydroxyl groups is 1. The number of urea groups is 1. The molecular weight excluding hydrogens is 2110 g/mol. The lowest BCUT2D eigenvalue weighted by Gasteiger charge is -2.36. The number of rotatable bonds is 53. The van der Waals surface area contributed by atoms with Gasteiger partial charge in [0.1, 0.15) is 159 Å². The molecule has 15 heterocycles. The number of hydrogen-bond acceptors (Lipinski definition) is 56. The average Bonchev–Trinajstić information content (AvgIpc) is 1.55. The first kappa shape index (κ1) is 113. The van der Waals surface area contributed by atoms with Crippen molar-refractivity contribution in [1.29, 1.82) is 0 Å². The number of aliphatic hydroxyl groups excluding tert-OH is 1. The molecule has 6 saturated heterocycles. The van der Waals surface area contributed by atoms with Crippen molar-refractivity contribution in [2.24, 2.45) is 5.73 Å². The molecule has 12 unspecified atom stereocenters. The summed E-state index contributed by atoms with van der Waals surface area (Å²) < 4.78 is 208. The highest BCUT2D eigenvalue weighted by Gasteiger charge is 2.58. The molecule has 8 aromatic heterocycles. The first-order valence-electron chi connectivity index (χ1n) is 45.0. The molecule has 15 rings (SSSR count). The van der Waals surface area contributed by atoms with Crippen LogP contribution in [0.1, 0.15) is 75.4 Å². The van der Waals surface area contributed by atoms with Gasteiger partial charge in [0.05, 0.1) is 130 Å². The van der Waals surface area contributed by atoms with Crippen molar-refractivity contribution < 1.29 is 164 Å². The number of carbonyl (C=O) groups excluding carboxylic acids is 1. The number of carbonyl (C=O) groups is 1. The number of ether oxygens (including phenoxy) is 16. The van der Waals surface area contributed by atoms with Gasteiger partial charge in [0.25, 0.3) is 21.2 Å². The first-order chi connectivity index (χ1) is 69.7. The summed E-state index contributed by atoms with van der Waals surface area (Å²) >= 11 is 16.8. The lowest BCUT2D eigenvalue weighted by atomic mass is 10.1. The summed E-state index contributed by atoms with van der Waals surface area (Å²) in [5.74, 6) is -0.267. The van der Waals surface area contributed by atoms with Gasteiger partial charge in [-0.3, -0.25) is 51.2 Å². The van der Waals surface area contributed by atoms with Gasteiger partial charge < -0.3 is 192 Å². The van der Waals surface area contributed by atoms with Gasteiger partial charge in [-0.2, -0.15) is 4.98 Å². The fraction of sp³-hybridized carbons (Fsp3) is 0.662. The van der Waals surface area contributed by atoms with E-state index >= 15 is 28.4 Å². The summed E-state index contributed by atoms with van der Waals surface area (Å²) in [5, 5.41) is 14.5. The Labute approximate surface area is 844 Å². The zero-order chi connectivity index (χ0) is 105. The van der Waals surface area contributed by atoms with Crippen LogP contribution in [0.25, 0.3) is 33.5 Å². The summed E-state index contributed by atoms with van der Waals surface area (Å²) in [5.41, 5.74) is 29.2. The Morgan fingerprint density at radius 2 is 0.863 bits per heavy atom. The van der Waals surface area contributed by atoms with E-state index in [1.807, 2.05) is 6.92 Å². The average molecular weight is 2220 g/mol. The molecule has 146 heavy (non-hydrogen) atoms. The molecule has 0 spiro atoms. The zero-order valence-corrected chi connectivity index (χ0v) is 86.3. The number of amides is 2. The van der Waals surface area contributed by atoms with Crippen molar-refractivity contribution >= 4 is 135 Å². The van der Waals surface area contributed by atoms with Crippen molar-refractivity contribution in [3.8, 4) is 0 Å². The van der Waals surface area contributed by atoms with Crippen molar-refractivity contribution in [1.82, 2.24) is 87.9 Å². The fourth-order valence-electron chi connectivity index (χ4n) is 16.9. The Balaban J connectivity index is 0.714. The van der Waals surface area contributed by atoms with Crippen LogP contribution in [0.2, 0.25) is 0 Å². The van der Waals surface area contributed by atoms with Gasteiger partial charge in [0, 0.05) is 71.7 Å². The highest BCUT2D eigenvalue weighted by Crippen LogP contribution is 2.57. The molecule has 0 aromatic carbocycles. The summed E-state index contributed by atoms with van der Waals surface area (Å²) in [4.78, 5) is 160. The monoisotopic (exact) mass is 2210 g/mol. The van der Waals surface area contributed by atoms with Crippen LogP contribution in [-0.4, -0.2) is 345 Å². The maximum Gasteiger partial charge on any atom is 0.351 e. The van der Waals surface area contributed by atoms with E-state index in [1.54, 1.807) is 11.5 Å². The molecule has 0 saturated carbocycles. The molecular formula is C77H109N23O38P5S3-5. The molecule has 61 nitrogen and oxygen atoms in total. The lowest BCUT2D eigenvalue weighted by Crippen LogP contribution is -2.57. The minimum Gasteiger partial charge on any atom is -0.780 e. The number of anilines is 4. The number of hydrogen-bond donors (Lipinski definition) is 8. The lowest BCUT2D eigenvalue weighted by molar-refractivity contribution is -0.241. The molecule has 6 fully saturated rings. The SMILES string of the molecule is CCC[C@H]1O[C@@H](n2cnc3c(N)ncnc32)CC1OP([O-])(=S)OC[C@H]1O[C@@H](N2C=C(C)C(N)NC2=O)[C@@H](OCCOC)C1OP(=O)([O-])OC[C@H]1O[C@@H](n2cc(C)c(N)nc2=O)[C@@H](OCCOC)C1OP(=O)([O-])OC[C@H]1O[C@@H](n2cnc3c(N)ncnc32)[C@@H](OCCOC)C1OP(=O)([S-])OC[C@H]1O[C@@H](n2cc(C)c(=O)[nH]c2=O)[C@@H](OCCOC)C1OP([O-])(=S)OC[C@H]1O[C@@H](n2cnc3c(N)ncnc32)[C@@H](OCCOC)C1O. The number of H-pyrrole nitrogens is 1. The van der Waals surface area contributed by atoms with Crippen molar-refractivity contribution in [2.45, 2.75) is 194 Å². The van der Waals surface area contributed by atoms with Crippen LogP contribution >= 0.6 is 35.9 Å². The van der Waals surface area contributed by atoms with Crippen LogP contribution in [0.4, 0.5) is 28.1 Å². The van der Waals surface area contributed by atoms with Crippen LogP contribution in [0.3, 0.4) is 0 Å². The van der Waals surface area contributed by atoms with Crippen molar-refractivity contribution in [3.63, 3.8) is 0 Å². The number of nitrogens with two attached hydrogens (primary N) is 5. The molecule has 0 bridgehead atoms. The van der Waals surface area contributed by atoms with E-state index in [-0.39, 0.29) is 128 Å². The quantitative estimate of drug-likeness (QED) is 0.0108. The molecule has 7 aliphatic heterocycles. The van der Waals surface area contributed by atoms with Crippen LogP contribution in [0.15, 0.2) is 76.5 Å². The van der Waals surface area contributed by atoms with E-state index in [1.165, 1.54) is 103 Å². The standard InChI is InChI=1S/C77H114N23O38P5S3/c1-10-11-40-41(22-47(128-40)98-34-89-48-63(80)83-31-86-66(48)98)134-141(110,144)126-29-45-53(58(120-19-14-115-7)72(131-45)96-24-38(3)62(79)93-76(96)104)136-139(106,107)123-27-43-52(57(119-18-13-114-6)71(130-43)95-23-37(2)61(78)92-75(95)103)135-140(108,109)124-28-44-54(60(122-21-16-117-9)74(133-44)100-36-91-50-65(82)85-33-88-68(50)100)137-143(112,146)127-30-46-55(59(121-20-15-116-8)73(132-46)97-25-39(4)69(102)94-77(97)105)138-142(111,145)125-26-42-51(101)56(118-17-12-113-5)70(129-42)99-35-90-49-64(81)84-32-87-67(49)99/h23-25,31-36,40-47,51-60,62,70-74,101H,10-22,26-30,79H2,1-9H3,(H,93,104)(H,106,107)(H,108,109)(H,110,144)(H,111,145)(H,112,146)(H2,78,92,103)(H2,80,83,86)(H2,81,84,87)(H2,82,85,88)(H,94,102,105)/p-5/t40-,41?,42-,43-,44-,45-,46-,47-,51?,52?,53?,54?,55?,56+,57+,58+,59+,60+,62?,70-,71-,72-,73-,74-,141?,142?,143?/m1/s1. The molecule has 8 aromatic rings. The van der Waals surface area contributed by atoms with Crippen LogP contribution < -0.4 is 70.5 Å². The Hall–Kier alpha value is -7.52. The van der Waals surface area contributed by atoms with Crippen molar-refractivity contribution in [2.75, 3.05) is 158 Å². The highest BCUT2D eigenvalue weighted by molar-refractivity contribution is 8.32. The second kappa shape index (κ2) is 49.1. The number of methoxy groups -OCH3 is 5. The molecule has 69 heteroatoms. The number of nitrogen functional groups attached to an aromatic ring is 4. The number of phosphoric acid groups is 2. The third kappa shape index (κ3) is 26.3. The smallest absolute Gasteiger partial charge is 0.351 e. The number of aromatic nitrogens is 16. The van der Waals surface area contributed by atoms with E-state index in [0.29, 0.717) is 24.1 Å². The topological polar surface area (TPSA) is 787 Å². The van der Waals surface area contributed by atoms with Gasteiger partial charge in [-0.1, -0.05) is 37.0 Å². The molecule has 7 aliphatic rings. The minimum absolute atomic E-state index is 0.00133. The van der Waals surface area contributed by atoms with Gasteiger partial charge in [-0.25, -0.2) is 59.2 Å². The number of nitrogens with one attached hydrogen (secondary N) is 2. The maximum absolute atomic E-state index is 15.6. The summed E-state index contributed by atoms with van der Waals surface area (Å²) in [6, 6.07) is -0.877. The van der Waals surface area contributed by atoms with Crippen LogP contribution in [0, 0.1) is 13.8 Å². The van der Waals surface area contributed by atoms with E-state index in [9.17, 15) is 29.2 Å². The predicted octanol–water partition coefficient (Wildman–Crippen LogP) is -2.84. The zero-order valence-electron chi connectivity index (χ0n) is 79.3. The van der Waals surface area contributed by atoms with Crippen LogP contribution in [0.5, 0.6) is 0 Å². The second-order valence-electron chi connectivity index (χ2n) is 33.7. The van der Waals surface area contributed by atoms with Gasteiger partial charge >= 0.3 is 17.4 Å². The molecule has 2 amide bonds. The summed E-state index contributed by atoms with van der Waals surface area (Å²) in [6.07, 6.45) is -26.4. The van der Waals surface area contributed by atoms with Gasteiger partial charge in [-0.05, 0) is 32.8 Å². The maximum atomic E-state index is 15.6. The Morgan fingerprint density at radius 1 is 0.466 bits per heavy atom. The highest BCUT2D eigenvalue weighted by atomic mass is 32.7. The summed E-state index contributed by atoms with van der Waals surface area (Å²) in [6.45, 7) is -16.5. The molecule has 808 valence electrons. The van der Waals surface area contributed by atoms with Gasteiger partial charge in [0.2, 0.25) is 0 Å². The third-order valence-electron chi connectivity index (χ3n) is 24.0. The van der Waals surface area contributed by atoms with E-state index < -0.39 is 246 Å². The molecule has 0 radical (unpaired) electrons. The van der Waals surface area contributed by atoms with E-state index in [4.69, 9.17) is 186 Å². The Kier molecular flexibility index (Phi) is 37.8. The Morgan fingerprint density at radius 3 is 1.36 bits per heavy atom. The largest absolute Gasteiger partial charge is 0.780 e. The number of phosphoric ester groups is 2. The molecule has 0 aliphatic carbocycles. The van der Waals surface area contributed by atoms with Crippen LogP contribution in [-0.2, 0) is 171 Å². The number of imidazole rings is 3.